The highest BCUT2D eigenvalue weighted by atomic mass is 16.5. The van der Waals surface area contributed by atoms with E-state index in [9.17, 15) is 9.59 Å². The van der Waals surface area contributed by atoms with Crippen molar-refractivity contribution in [1.82, 2.24) is 0 Å². The molecule has 0 aliphatic carbocycles. The molecular formula is C23H20O3. The summed E-state index contributed by atoms with van der Waals surface area (Å²) in [6, 6.07) is 25.0. The number of benzene rings is 3. The monoisotopic (exact) mass is 344 g/mol. The van der Waals surface area contributed by atoms with Gasteiger partial charge in [-0.3, -0.25) is 9.59 Å². The number of carbonyl (C=O) groups is 2. The number of hydrogen-bond acceptors (Lipinski definition) is 3. The highest BCUT2D eigenvalue weighted by Gasteiger charge is 2.31. The molecule has 0 bridgehead atoms. The summed E-state index contributed by atoms with van der Waals surface area (Å²) in [5.41, 5.74) is 0.677. The fraction of sp³-hybridized carbons (Fsp3) is 0.130. The lowest BCUT2D eigenvalue weighted by Gasteiger charge is -2.25. The molecule has 0 atom stereocenters. The summed E-state index contributed by atoms with van der Waals surface area (Å²) >= 11 is 0. The van der Waals surface area contributed by atoms with E-state index in [2.05, 4.69) is 0 Å². The van der Waals surface area contributed by atoms with Crippen molar-refractivity contribution in [2.75, 3.05) is 0 Å². The van der Waals surface area contributed by atoms with E-state index in [0.717, 1.165) is 0 Å². The molecule has 0 aromatic heterocycles. The average molecular weight is 344 g/mol. The van der Waals surface area contributed by atoms with E-state index in [1.54, 1.807) is 50.2 Å². The summed E-state index contributed by atoms with van der Waals surface area (Å²) in [6.45, 7) is 3.48. The lowest BCUT2D eigenvalue weighted by Crippen LogP contribution is -2.38. The fourth-order valence-corrected chi connectivity index (χ4v) is 2.71. The molecule has 3 aromatic rings. The standard InChI is InChI=1S/C23H20O3/c1-23(2,26-20-11-7-4-8-12-20)22(25)19-15-13-18(14-16-19)21(24)17-9-5-3-6-10-17/h3-16H,1-2H3. The summed E-state index contributed by atoms with van der Waals surface area (Å²) in [6.07, 6.45) is 0. The zero-order valence-corrected chi connectivity index (χ0v) is 14.8. The molecule has 130 valence electrons. The number of ether oxygens (including phenoxy) is 1. The van der Waals surface area contributed by atoms with Crippen molar-refractivity contribution in [3.63, 3.8) is 0 Å². The van der Waals surface area contributed by atoms with Gasteiger partial charge in [0, 0.05) is 16.7 Å². The number of rotatable bonds is 6. The number of ketones is 2. The molecule has 0 spiro atoms. The molecule has 0 aliphatic rings. The Bertz CT molecular complexity index is 895. The molecule has 3 aromatic carbocycles. The first-order valence-corrected chi connectivity index (χ1v) is 8.46. The topological polar surface area (TPSA) is 43.4 Å². The van der Waals surface area contributed by atoms with E-state index >= 15 is 0 Å². The first-order chi connectivity index (χ1) is 12.5. The van der Waals surface area contributed by atoms with Gasteiger partial charge in [-0.15, -0.1) is 0 Å². The van der Waals surface area contributed by atoms with Crippen LogP contribution in [0.5, 0.6) is 5.75 Å². The smallest absolute Gasteiger partial charge is 0.205 e. The Labute approximate surface area is 153 Å². The third kappa shape index (κ3) is 3.89. The molecule has 0 fully saturated rings. The van der Waals surface area contributed by atoms with Crippen molar-refractivity contribution in [1.29, 1.82) is 0 Å². The summed E-state index contributed by atoms with van der Waals surface area (Å²) in [5.74, 6) is 0.436. The Morgan fingerprint density at radius 2 is 1.12 bits per heavy atom. The minimum Gasteiger partial charge on any atom is -0.480 e. The van der Waals surface area contributed by atoms with Gasteiger partial charge in [-0.05, 0) is 26.0 Å². The van der Waals surface area contributed by atoms with Gasteiger partial charge in [-0.25, -0.2) is 0 Å². The van der Waals surface area contributed by atoms with Gasteiger partial charge in [-0.1, -0.05) is 72.8 Å². The van der Waals surface area contributed by atoms with Crippen LogP contribution in [0.15, 0.2) is 84.9 Å². The predicted octanol–water partition coefficient (Wildman–Crippen LogP) is 4.96. The van der Waals surface area contributed by atoms with Crippen LogP contribution >= 0.6 is 0 Å². The number of para-hydroxylation sites is 1. The van der Waals surface area contributed by atoms with E-state index in [0.29, 0.717) is 22.4 Å². The fourth-order valence-electron chi connectivity index (χ4n) is 2.71. The Morgan fingerprint density at radius 3 is 1.69 bits per heavy atom. The van der Waals surface area contributed by atoms with Gasteiger partial charge in [0.2, 0.25) is 5.78 Å². The summed E-state index contributed by atoms with van der Waals surface area (Å²) < 4.78 is 5.85. The van der Waals surface area contributed by atoms with Crippen LogP contribution in [0.4, 0.5) is 0 Å². The minimum absolute atomic E-state index is 0.0654. The van der Waals surface area contributed by atoms with Gasteiger partial charge in [-0.2, -0.15) is 0 Å². The lowest BCUT2D eigenvalue weighted by molar-refractivity contribution is 0.0584. The zero-order chi connectivity index (χ0) is 18.6. The molecule has 0 N–H and O–H groups in total. The van der Waals surface area contributed by atoms with Crippen LogP contribution in [0, 0.1) is 0 Å². The molecule has 0 amide bonds. The Morgan fingerprint density at radius 1 is 0.654 bits per heavy atom. The third-order valence-electron chi connectivity index (χ3n) is 4.11. The first kappa shape index (κ1) is 17.6. The lowest BCUT2D eigenvalue weighted by atomic mass is 9.94. The quantitative estimate of drug-likeness (QED) is 0.594. The second-order valence-electron chi connectivity index (χ2n) is 6.53. The van der Waals surface area contributed by atoms with Crippen molar-refractivity contribution >= 4 is 11.6 Å². The highest BCUT2D eigenvalue weighted by molar-refractivity contribution is 6.09. The van der Waals surface area contributed by atoms with Crippen molar-refractivity contribution in [3.8, 4) is 5.75 Å². The molecular weight excluding hydrogens is 324 g/mol. The second-order valence-corrected chi connectivity index (χ2v) is 6.53. The van der Waals surface area contributed by atoms with E-state index < -0.39 is 5.60 Å². The molecule has 3 heteroatoms. The molecule has 3 nitrogen and oxygen atoms in total. The zero-order valence-electron chi connectivity index (χ0n) is 14.8. The maximum absolute atomic E-state index is 12.8. The van der Waals surface area contributed by atoms with Gasteiger partial charge in [0.05, 0.1) is 0 Å². The number of Topliss-reactive ketones (excluding diaryl/α,β-unsaturated/α-hetero) is 1. The van der Waals surface area contributed by atoms with Crippen molar-refractivity contribution in [2.24, 2.45) is 0 Å². The molecule has 0 unspecified atom stereocenters. The normalized spacial score (nSPS) is 11.0. The molecule has 0 aliphatic heterocycles. The van der Waals surface area contributed by atoms with E-state index in [1.807, 2.05) is 48.5 Å². The maximum atomic E-state index is 12.8. The molecule has 0 heterocycles. The molecule has 0 saturated carbocycles. The van der Waals surface area contributed by atoms with Crippen molar-refractivity contribution in [3.05, 3.63) is 102 Å². The SMILES string of the molecule is CC(C)(Oc1ccccc1)C(=O)c1ccc(C(=O)c2ccccc2)cc1. The number of carbonyl (C=O) groups excluding carboxylic acids is 2. The van der Waals surface area contributed by atoms with Gasteiger partial charge in [0.25, 0.3) is 0 Å². The third-order valence-corrected chi connectivity index (χ3v) is 4.11. The highest BCUT2D eigenvalue weighted by Crippen LogP contribution is 2.22. The van der Waals surface area contributed by atoms with Gasteiger partial charge in [0.1, 0.15) is 5.75 Å². The molecule has 0 radical (unpaired) electrons. The van der Waals surface area contributed by atoms with Crippen molar-refractivity contribution < 1.29 is 14.3 Å². The Balaban J connectivity index is 1.77. The van der Waals surface area contributed by atoms with Crippen molar-refractivity contribution in [2.45, 2.75) is 19.4 Å². The second kappa shape index (κ2) is 7.36. The van der Waals surface area contributed by atoms with E-state index in [1.165, 1.54) is 0 Å². The van der Waals surface area contributed by atoms with Crippen LogP contribution in [0.25, 0.3) is 0 Å². The minimum atomic E-state index is -1.01. The summed E-state index contributed by atoms with van der Waals surface area (Å²) in [7, 11) is 0. The Kier molecular flexibility index (Phi) is 4.99. The Hall–Kier alpha value is -3.20. The first-order valence-electron chi connectivity index (χ1n) is 8.46. The van der Waals surface area contributed by atoms with E-state index in [-0.39, 0.29) is 11.6 Å². The van der Waals surface area contributed by atoms with Crippen LogP contribution in [0.2, 0.25) is 0 Å². The molecule has 26 heavy (non-hydrogen) atoms. The van der Waals surface area contributed by atoms with E-state index in [4.69, 9.17) is 4.74 Å². The maximum Gasteiger partial charge on any atom is 0.205 e. The molecule has 0 saturated heterocycles. The van der Waals surface area contributed by atoms with Gasteiger partial charge in [0.15, 0.2) is 11.4 Å². The van der Waals surface area contributed by atoms with Gasteiger partial charge < -0.3 is 4.74 Å². The number of hydrogen-bond donors (Lipinski definition) is 0. The van der Waals surface area contributed by atoms with Crippen LogP contribution in [-0.2, 0) is 0 Å². The van der Waals surface area contributed by atoms with Gasteiger partial charge >= 0.3 is 0 Å². The predicted molar refractivity (Wildman–Crippen MR) is 102 cm³/mol. The van der Waals surface area contributed by atoms with Crippen LogP contribution in [-0.4, -0.2) is 17.2 Å². The average Bonchev–Trinajstić information content (AvgIpc) is 2.68. The summed E-state index contributed by atoms with van der Waals surface area (Å²) in [4.78, 5) is 25.3. The van der Waals surface area contributed by atoms with Crippen LogP contribution < -0.4 is 4.74 Å². The van der Waals surface area contributed by atoms with Crippen LogP contribution in [0.3, 0.4) is 0 Å². The largest absolute Gasteiger partial charge is 0.480 e. The van der Waals surface area contributed by atoms with Crippen LogP contribution in [0.1, 0.15) is 40.1 Å². The molecule has 3 rings (SSSR count). The summed E-state index contributed by atoms with van der Waals surface area (Å²) in [5, 5.41) is 0.